The van der Waals surface area contributed by atoms with Crippen LogP contribution < -0.4 is 0 Å². The lowest BCUT2D eigenvalue weighted by Gasteiger charge is -2.27. The fraction of sp³-hybridized carbons (Fsp3) is 0.333. The van der Waals surface area contributed by atoms with E-state index in [1.165, 1.54) is 5.56 Å². The first kappa shape index (κ1) is 20.6. The Morgan fingerprint density at radius 1 is 1.03 bits per heavy atom. The van der Waals surface area contributed by atoms with Crippen LogP contribution in [0.1, 0.15) is 27.5 Å². The fourth-order valence-corrected chi connectivity index (χ4v) is 5.14. The number of hydrogen-bond donors (Lipinski definition) is 0. The molecule has 0 aliphatic carbocycles. The molecule has 5 rings (SSSR count). The van der Waals surface area contributed by atoms with Crippen LogP contribution in [0.3, 0.4) is 0 Å². The monoisotopic (exact) mass is 422 g/mol. The van der Waals surface area contributed by atoms with E-state index in [2.05, 4.69) is 58.3 Å². The average molecular weight is 423 g/mol. The number of carbonyl (C=O) groups is 1. The van der Waals surface area contributed by atoms with Gasteiger partial charge in [0.15, 0.2) is 0 Å². The molecule has 0 saturated carbocycles. The van der Waals surface area contributed by atoms with Crippen LogP contribution in [0.25, 0.3) is 0 Å². The van der Waals surface area contributed by atoms with Gasteiger partial charge in [0.1, 0.15) is 0 Å². The summed E-state index contributed by atoms with van der Waals surface area (Å²) in [5, 5.41) is 4.26. The molecule has 2 aliphatic rings. The summed E-state index contributed by atoms with van der Waals surface area (Å²) < 4.78 is 1.88. The largest absolute Gasteiger partial charge is 0.338 e. The predicted octanol–water partition coefficient (Wildman–Crippen LogP) is 3.73. The summed E-state index contributed by atoms with van der Waals surface area (Å²) in [6, 6.07) is 21.0. The number of halogens is 1. The summed E-state index contributed by atoms with van der Waals surface area (Å²) in [5.74, 6) is 1.19. The van der Waals surface area contributed by atoms with E-state index in [9.17, 15) is 4.79 Å². The first-order valence-electron chi connectivity index (χ1n) is 10.3. The van der Waals surface area contributed by atoms with Crippen molar-refractivity contribution in [1.29, 1.82) is 0 Å². The molecule has 2 fully saturated rings. The van der Waals surface area contributed by atoms with Gasteiger partial charge < -0.3 is 4.90 Å². The van der Waals surface area contributed by atoms with Crippen LogP contribution >= 0.6 is 12.4 Å². The number of carbonyl (C=O) groups excluding carboxylic acids is 1. The highest BCUT2D eigenvalue weighted by molar-refractivity contribution is 5.94. The first-order chi connectivity index (χ1) is 14.2. The number of hydrogen-bond acceptors (Lipinski definition) is 3. The van der Waals surface area contributed by atoms with Gasteiger partial charge in [-0.15, -0.1) is 12.4 Å². The third-order valence-electron chi connectivity index (χ3n) is 6.40. The van der Waals surface area contributed by atoms with E-state index < -0.39 is 0 Å². The zero-order valence-electron chi connectivity index (χ0n) is 17.1. The zero-order chi connectivity index (χ0) is 19.8. The van der Waals surface area contributed by atoms with E-state index in [-0.39, 0.29) is 18.3 Å². The van der Waals surface area contributed by atoms with Gasteiger partial charge in [0, 0.05) is 49.6 Å². The van der Waals surface area contributed by atoms with Crippen molar-refractivity contribution < 1.29 is 4.79 Å². The summed E-state index contributed by atoms with van der Waals surface area (Å²) in [4.78, 5) is 17.8. The second kappa shape index (κ2) is 8.62. The molecule has 2 saturated heterocycles. The molecule has 6 heteroatoms. The lowest BCUT2D eigenvalue weighted by molar-refractivity contribution is 0.0767. The smallest absolute Gasteiger partial charge is 0.253 e. The highest BCUT2D eigenvalue weighted by Crippen LogP contribution is 2.44. The van der Waals surface area contributed by atoms with Crippen LogP contribution in [0.5, 0.6) is 0 Å². The van der Waals surface area contributed by atoms with E-state index >= 15 is 0 Å². The fourth-order valence-electron chi connectivity index (χ4n) is 5.14. The molecule has 30 heavy (non-hydrogen) atoms. The molecule has 1 aromatic heterocycles. The third kappa shape index (κ3) is 3.87. The van der Waals surface area contributed by atoms with E-state index in [1.807, 2.05) is 35.1 Å². The summed E-state index contributed by atoms with van der Waals surface area (Å²) in [7, 11) is 2.21. The molecular formula is C24H27ClN4O. The normalized spacial score (nSPS) is 23.2. The highest BCUT2D eigenvalue weighted by Gasteiger charge is 2.47. The summed E-state index contributed by atoms with van der Waals surface area (Å²) in [5.41, 5.74) is 3.23. The Kier molecular flexibility index (Phi) is 5.93. The number of rotatable bonds is 4. The number of aromatic nitrogens is 2. The van der Waals surface area contributed by atoms with Crippen LogP contribution in [-0.2, 0) is 6.54 Å². The summed E-state index contributed by atoms with van der Waals surface area (Å²) in [6.07, 6.45) is 3.72. The van der Waals surface area contributed by atoms with Crippen molar-refractivity contribution in [3.63, 3.8) is 0 Å². The lowest BCUT2D eigenvalue weighted by Crippen LogP contribution is -2.33. The van der Waals surface area contributed by atoms with Crippen molar-refractivity contribution in [3.05, 3.63) is 89.7 Å². The van der Waals surface area contributed by atoms with Gasteiger partial charge in [-0.2, -0.15) is 5.10 Å². The third-order valence-corrected chi connectivity index (χ3v) is 6.40. The maximum absolute atomic E-state index is 13.2. The number of fused-ring (bicyclic) bond motifs is 1. The maximum Gasteiger partial charge on any atom is 0.253 e. The molecule has 3 heterocycles. The second-order valence-electron chi connectivity index (χ2n) is 8.33. The zero-order valence-corrected chi connectivity index (χ0v) is 17.9. The van der Waals surface area contributed by atoms with Gasteiger partial charge in [0.05, 0.1) is 6.54 Å². The van der Waals surface area contributed by atoms with Crippen LogP contribution in [-0.4, -0.2) is 52.2 Å². The molecule has 3 atom stereocenters. The number of benzene rings is 2. The van der Waals surface area contributed by atoms with Gasteiger partial charge in [0.25, 0.3) is 5.91 Å². The van der Waals surface area contributed by atoms with Crippen LogP contribution in [0.15, 0.2) is 73.1 Å². The molecule has 0 radical (unpaired) electrons. The molecule has 5 nitrogen and oxygen atoms in total. The molecule has 1 amide bonds. The highest BCUT2D eigenvalue weighted by atomic mass is 35.5. The molecule has 2 aromatic carbocycles. The Bertz CT molecular complexity index is 991. The molecule has 0 unspecified atom stereocenters. The van der Waals surface area contributed by atoms with E-state index in [0.717, 1.165) is 30.8 Å². The number of nitrogens with zero attached hydrogens (tertiary/aromatic N) is 4. The first-order valence-corrected chi connectivity index (χ1v) is 10.3. The van der Waals surface area contributed by atoms with Crippen molar-refractivity contribution in [2.75, 3.05) is 26.7 Å². The lowest BCUT2D eigenvalue weighted by atomic mass is 9.90. The Labute approximate surface area is 183 Å². The molecule has 156 valence electrons. The minimum absolute atomic E-state index is 0. The molecule has 2 aliphatic heterocycles. The standard InChI is InChI=1S/C24H26N4O.ClH/c1-26-15-21-16-27(17-22(21)23(26)19-8-3-2-4-9-19)24(29)20-10-5-7-18(13-20)14-28-12-6-11-25-28;/h2-13,21-23H,14-17H2,1H3;1H/t21-,22+,23-;/m0./s1. The van der Waals surface area contributed by atoms with E-state index in [0.29, 0.717) is 24.4 Å². The van der Waals surface area contributed by atoms with Gasteiger partial charge >= 0.3 is 0 Å². The average Bonchev–Trinajstić information content (AvgIpc) is 3.45. The molecule has 0 spiro atoms. The quantitative estimate of drug-likeness (QED) is 0.643. The van der Waals surface area contributed by atoms with Crippen molar-refractivity contribution in [2.24, 2.45) is 11.8 Å². The Hall–Kier alpha value is -2.63. The minimum Gasteiger partial charge on any atom is -0.338 e. The molecule has 0 bridgehead atoms. The van der Waals surface area contributed by atoms with Crippen molar-refractivity contribution in [3.8, 4) is 0 Å². The van der Waals surface area contributed by atoms with Crippen molar-refractivity contribution >= 4 is 18.3 Å². The Morgan fingerprint density at radius 3 is 2.63 bits per heavy atom. The second-order valence-corrected chi connectivity index (χ2v) is 8.33. The minimum atomic E-state index is 0. The van der Waals surface area contributed by atoms with E-state index in [4.69, 9.17) is 0 Å². The summed E-state index contributed by atoms with van der Waals surface area (Å²) in [6.45, 7) is 3.41. The number of amides is 1. The molecule has 3 aromatic rings. The maximum atomic E-state index is 13.2. The molecular weight excluding hydrogens is 396 g/mol. The van der Waals surface area contributed by atoms with Gasteiger partial charge in [-0.1, -0.05) is 42.5 Å². The van der Waals surface area contributed by atoms with Gasteiger partial charge in [-0.25, -0.2) is 0 Å². The van der Waals surface area contributed by atoms with Crippen LogP contribution in [0.2, 0.25) is 0 Å². The topological polar surface area (TPSA) is 41.4 Å². The Balaban J connectivity index is 0.00000218. The van der Waals surface area contributed by atoms with Crippen molar-refractivity contribution in [2.45, 2.75) is 12.6 Å². The predicted molar refractivity (Wildman–Crippen MR) is 120 cm³/mol. The van der Waals surface area contributed by atoms with Crippen molar-refractivity contribution in [1.82, 2.24) is 19.6 Å². The SMILES string of the molecule is CN1C[C@H]2CN(C(=O)c3cccc(Cn4cccn4)c3)C[C@H]2[C@@H]1c1ccccc1.Cl. The van der Waals surface area contributed by atoms with Gasteiger partial charge in [-0.05, 0) is 42.3 Å². The van der Waals surface area contributed by atoms with Gasteiger partial charge in [-0.3, -0.25) is 14.4 Å². The van der Waals surface area contributed by atoms with Crippen LogP contribution in [0.4, 0.5) is 0 Å². The van der Waals surface area contributed by atoms with Gasteiger partial charge in [0.2, 0.25) is 0 Å². The summed E-state index contributed by atoms with van der Waals surface area (Å²) >= 11 is 0. The van der Waals surface area contributed by atoms with E-state index in [1.54, 1.807) is 6.20 Å². The molecule has 0 N–H and O–H groups in total. The van der Waals surface area contributed by atoms with Crippen LogP contribution in [0, 0.1) is 11.8 Å². The number of likely N-dealkylation sites (tertiary alicyclic amines) is 2. The Morgan fingerprint density at radius 2 is 1.87 bits per heavy atom.